The minimum atomic E-state index is 0.0363. The normalized spacial score (nSPS) is 16.1. The second-order valence-corrected chi connectivity index (χ2v) is 4.76. The van der Waals surface area contributed by atoms with Gasteiger partial charge in [0.2, 0.25) is 0 Å². The third kappa shape index (κ3) is 2.40. The fourth-order valence-electron chi connectivity index (χ4n) is 2.41. The molecule has 0 saturated heterocycles. The zero-order chi connectivity index (χ0) is 12.4. The minimum absolute atomic E-state index is 0.0363. The van der Waals surface area contributed by atoms with E-state index in [9.17, 15) is 4.79 Å². The maximum atomic E-state index is 12.3. The predicted molar refractivity (Wildman–Crippen MR) is 67.7 cm³/mol. The van der Waals surface area contributed by atoms with Crippen molar-refractivity contribution in [2.75, 3.05) is 12.8 Å². The van der Waals surface area contributed by atoms with E-state index in [4.69, 9.17) is 5.73 Å². The molecule has 92 valence electrons. The molecule has 0 bridgehead atoms. The van der Waals surface area contributed by atoms with Crippen LogP contribution in [0.15, 0.2) is 12.3 Å². The van der Waals surface area contributed by atoms with Crippen LogP contribution < -0.4 is 5.73 Å². The Hall–Kier alpha value is -1.58. The molecule has 1 aromatic heterocycles. The highest BCUT2D eigenvalue weighted by molar-refractivity contribution is 5.96. The molecule has 1 saturated carbocycles. The molecule has 4 heteroatoms. The molecule has 0 spiro atoms. The number of amides is 1. The average molecular weight is 233 g/mol. The summed E-state index contributed by atoms with van der Waals surface area (Å²) in [6.45, 7) is 1.84. The van der Waals surface area contributed by atoms with Gasteiger partial charge in [0.05, 0.1) is 23.1 Å². The van der Waals surface area contributed by atoms with E-state index < -0.39 is 0 Å². The van der Waals surface area contributed by atoms with E-state index in [0.717, 1.165) is 18.5 Å². The molecule has 1 heterocycles. The number of carbonyl (C=O) groups excluding carboxylic acids is 1. The average Bonchev–Trinajstić information content (AvgIpc) is 2.84. The molecule has 2 N–H and O–H groups in total. The third-order valence-electron chi connectivity index (χ3n) is 3.53. The summed E-state index contributed by atoms with van der Waals surface area (Å²) in [6, 6.07) is 2.10. The van der Waals surface area contributed by atoms with Gasteiger partial charge in [-0.25, -0.2) is 0 Å². The second-order valence-electron chi connectivity index (χ2n) is 4.76. The van der Waals surface area contributed by atoms with Crippen LogP contribution in [0.3, 0.4) is 0 Å². The summed E-state index contributed by atoms with van der Waals surface area (Å²) < 4.78 is 0. The van der Waals surface area contributed by atoms with Crippen molar-refractivity contribution in [3.05, 3.63) is 23.5 Å². The van der Waals surface area contributed by atoms with Crippen LogP contribution >= 0.6 is 0 Å². The summed E-state index contributed by atoms with van der Waals surface area (Å²) in [4.78, 5) is 18.3. The third-order valence-corrected chi connectivity index (χ3v) is 3.53. The van der Waals surface area contributed by atoms with Crippen LogP contribution in [0.2, 0.25) is 0 Å². The first-order valence-corrected chi connectivity index (χ1v) is 6.09. The highest BCUT2D eigenvalue weighted by Gasteiger charge is 2.25. The van der Waals surface area contributed by atoms with E-state index in [2.05, 4.69) is 4.98 Å². The molecule has 1 aliphatic rings. The maximum absolute atomic E-state index is 12.3. The van der Waals surface area contributed by atoms with Gasteiger partial charge in [0.15, 0.2) is 0 Å². The molecule has 17 heavy (non-hydrogen) atoms. The molecule has 0 radical (unpaired) electrons. The number of carbonyl (C=O) groups is 1. The van der Waals surface area contributed by atoms with Crippen molar-refractivity contribution in [1.82, 2.24) is 9.88 Å². The molecule has 0 atom stereocenters. The van der Waals surface area contributed by atoms with Crippen LogP contribution in [-0.2, 0) is 0 Å². The first-order chi connectivity index (χ1) is 8.09. The monoisotopic (exact) mass is 233 g/mol. The Morgan fingerprint density at radius 1 is 1.47 bits per heavy atom. The van der Waals surface area contributed by atoms with Crippen molar-refractivity contribution < 1.29 is 4.79 Å². The van der Waals surface area contributed by atoms with Crippen LogP contribution in [0, 0.1) is 6.92 Å². The van der Waals surface area contributed by atoms with E-state index in [-0.39, 0.29) is 5.91 Å². The zero-order valence-electron chi connectivity index (χ0n) is 10.4. The Balaban J connectivity index is 2.20. The molecule has 4 nitrogen and oxygen atoms in total. The van der Waals surface area contributed by atoms with E-state index in [1.165, 1.54) is 12.8 Å². The molecule has 2 rings (SSSR count). The van der Waals surface area contributed by atoms with Gasteiger partial charge in [0, 0.05) is 13.1 Å². The first kappa shape index (κ1) is 11.9. The Kier molecular flexibility index (Phi) is 3.31. The quantitative estimate of drug-likeness (QED) is 0.849. The van der Waals surface area contributed by atoms with Gasteiger partial charge in [0.1, 0.15) is 0 Å². The lowest BCUT2D eigenvalue weighted by Crippen LogP contribution is -2.35. The van der Waals surface area contributed by atoms with Gasteiger partial charge in [-0.3, -0.25) is 9.78 Å². The van der Waals surface area contributed by atoms with Crippen molar-refractivity contribution in [2.45, 2.75) is 38.6 Å². The molecule has 0 aliphatic heterocycles. The van der Waals surface area contributed by atoms with Gasteiger partial charge in [0.25, 0.3) is 5.91 Å². The minimum Gasteiger partial charge on any atom is -0.397 e. The number of nitrogens with two attached hydrogens (primary N) is 1. The fourth-order valence-corrected chi connectivity index (χ4v) is 2.41. The van der Waals surface area contributed by atoms with Gasteiger partial charge >= 0.3 is 0 Å². The summed E-state index contributed by atoms with van der Waals surface area (Å²) in [5, 5.41) is 0. The molecule has 1 aromatic rings. The Labute approximate surface area is 102 Å². The van der Waals surface area contributed by atoms with E-state index in [1.807, 2.05) is 18.9 Å². The van der Waals surface area contributed by atoms with E-state index >= 15 is 0 Å². The van der Waals surface area contributed by atoms with E-state index in [0.29, 0.717) is 17.3 Å². The fraction of sp³-hybridized carbons (Fsp3) is 0.538. The molecular weight excluding hydrogens is 214 g/mol. The number of aromatic nitrogens is 1. The van der Waals surface area contributed by atoms with E-state index in [1.54, 1.807) is 12.3 Å². The summed E-state index contributed by atoms with van der Waals surface area (Å²) in [6.07, 6.45) is 6.24. The smallest absolute Gasteiger partial charge is 0.255 e. The molecule has 1 fully saturated rings. The zero-order valence-corrected chi connectivity index (χ0v) is 10.4. The highest BCUT2D eigenvalue weighted by Crippen LogP contribution is 2.24. The molecule has 1 amide bonds. The van der Waals surface area contributed by atoms with Crippen molar-refractivity contribution >= 4 is 11.6 Å². The number of hydrogen-bond donors (Lipinski definition) is 1. The predicted octanol–water partition coefficient (Wildman–Crippen LogP) is 1.99. The lowest BCUT2D eigenvalue weighted by atomic mass is 10.1. The number of nitrogens with zero attached hydrogens (tertiary/aromatic N) is 2. The van der Waals surface area contributed by atoms with Crippen molar-refractivity contribution in [3.63, 3.8) is 0 Å². The summed E-state index contributed by atoms with van der Waals surface area (Å²) in [7, 11) is 1.88. The molecule has 0 unspecified atom stereocenters. The van der Waals surface area contributed by atoms with Crippen molar-refractivity contribution in [2.24, 2.45) is 0 Å². The van der Waals surface area contributed by atoms with Gasteiger partial charge in [-0.2, -0.15) is 0 Å². The number of aryl methyl sites for hydroxylation is 1. The second kappa shape index (κ2) is 4.73. The lowest BCUT2D eigenvalue weighted by Gasteiger charge is -2.24. The summed E-state index contributed by atoms with van der Waals surface area (Å²) >= 11 is 0. The SMILES string of the molecule is Cc1ncc(N)cc1C(=O)N(C)C1CCCC1. The Morgan fingerprint density at radius 3 is 2.76 bits per heavy atom. The topological polar surface area (TPSA) is 59.2 Å². The van der Waals surface area contributed by atoms with Crippen LogP contribution in [0.1, 0.15) is 41.7 Å². The number of rotatable bonds is 2. The van der Waals surface area contributed by atoms with Crippen LogP contribution in [0.4, 0.5) is 5.69 Å². The summed E-state index contributed by atoms with van der Waals surface area (Å²) in [5.41, 5.74) is 7.60. The first-order valence-electron chi connectivity index (χ1n) is 6.09. The lowest BCUT2D eigenvalue weighted by molar-refractivity contribution is 0.0734. The van der Waals surface area contributed by atoms with Gasteiger partial charge in [-0.1, -0.05) is 12.8 Å². The van der Waals surface area contributed by atoms with Crippen LogP contribution in [-0.4, -0.2) is 28.9 Å². The maximum Gasteiger partial charge on any atom is 0.255 e. The molecular formula is C13H19N3O. The van der Waals surface area contributed by atoms with Gasteiger partial charge in [-0.05, 0) is 25.8 Å². The Bertz CT molecular complexity index is 425. The molecule has 0 aromatic carbocycles. The standard InChI is InChI=1S/C13H19N3O/c1-9-12(7-10(14)8-15-9)13(17)16(2)11-5-3-4-6-11/h7-8,11H,3-6,14H2,1-2H3. The largest absolute Gasteiger partial charge is 0.397 e. The number of nitrogen functional groups attached to an aromatic ring is 1. The number of hydrogen-bond acceptors (Lipinski definition) is 3. The number of anilines is 1. The van der Waals surface area contributed by atoms with Crippen LogP contribution in [0.25, 0.3) is 0 Å². The summed E-state index contributed by atoms with van der Waals surface area (Å²) in [5.74, 6) is 0.0363. The Morgan fingerprint density at radius 2 is 2.12 bits per heavy atom. The molecule has 1 aliphatic carbocycles. The number of pyridine rings is 1. The van der Waals surface area contributed by atoms with Crippen molar-refractivity contribution in [1.29, 1.82) is 0 Å². The van der Waals surface area contributed by atoms with Gasteiger partial charge < -0.3 is 10.6 Å². The van der Waals surface area contributed by atoms with Crippen molar-refractivity contribution in [3.8, 4) is 0 Å². The van der Waals surface area contributed by atoms with Crippen LogP contribution in [0.5, 0.6) is 0 Å². The highest BCUT2D eigenvalue weighted by atomic mass is 16.2. The van der Waals surface area contributed by atoms with Gasteiger partial charge in [-0.15, -0.1) is 0 Å².